The average Bonchev–Trinajstić information content (AvgIpc) is 2.55. The Kier molecular flexibility index (Phi) is 1.93. The SMILES string of the molecule is C=CC1Oc2ccccc2C1C=C. The van der Waals surface area contributed by atoms with Crippen LogP contribution in [0.5, 0.6) is 5.75 Å². The molecule has 2 unspecified atom stereocenters. The zero-order valence-electron chi connectivity index (χ0n) is 7.44. The maximum Gasteiger partial charge on any atom is 0.127 e. The molecular formula is C12H12O. The van der Waals surface area contributed by atoms with Gasteiger partial charge in [0, 0.05) is 11.5 Å². The molecule has 0 N–H and O–H groups in total. The Morgan fingerprint density at radius 2 is 1.92 bits per heavy atom. The topological polar surface area (TPSA) is 9.23 Å². The van der Waals surface area contributed by atoms with Crippen molar-refractivity contribution in [1.82, 2.24) is 0 Å². The minimum atomic E-state index is 0.0508. The van der Waals surface area contributed by atoms with Crippen molar-refractivity contribution in [3.63, 3.8) is 0 Å². The standard InChI is InChI=1S/C12H12O/c1-3-9-10-7-5-6-8-12(10)13-11(9)4-2/h3-9,11H,1-2H2. The van der Waals surface area contributed by atoms with Crippen LogP contribution in [0.1, 0.15) is 11.5 Å². The Labute approximate surface area is 78.3 Å². The molecule has 1 aliphatic heterocycles. The Balaban J connectivity index is 2.45. The highest BCUT2D eigenvalue weighted by molar-refractivity contribution is 5.44. The zero-order chi connectivity index (χ0) is 9.26. The molecule has 0 aliphatic carbocycles. The van der Waals surface area contributed by atoms with Gasteiger partial charge in [-0.1, -0.05) is 36.9 Å². The molecule has 0 aromatic heterocycles. The lowest BCUT2D eigenvalue weighted by atomic mass is 9.96. The first-order valence-electron chi connectivity index (χ1n) is 4.37. The average molecular weight is 172 g/mol. The van der Waals surface area contributed by atoms with E-state index < -0.39 is 0 Å². The lowest BCUT2D eigenvalue weighted by Gasteiger charge is -2.09. The maximum atomic E-state index is 5.67. The summed E-state index contributed by atoms with van der Waals surface area (Å²) in [6.07, 6.45) is 3.79. The molecule has 0 bridgehead atoms. The fourth-order valence-electron chi connectivity index (χ4n) is 1.72. The van der Waals surface area contributed by atoms with Crippen molar-refractivity contribution in [3.8, 4) is 5.75 Å². The van der Waals surface area contributed by atoms with Gasteiger partial charge in [-0.3, -0.25) is 0 Å². The van der Waals surface area contributed by atoms with Crippen molar-refractivity contribution in [1.29, 1.82) is 0 Å². The Morgan fingerprint density at radius 3 is 2.62 bits per heavy atom. The molecule has 0 spiro atoms. The molecule has 1 aromatic carbocycles. The van der Waals surface area contributed by atoms with Gasteiger partial charge >= 0.3 is 0 Å². The van der Waals surface area contributed by atoms with Crippen LogP contribution in [0.3, 0.4) is 0 Å². The highest BCUT2D eigenvalue weighted by Gasteiger charge is 2.29. The summed E-state index contributed by atoms with van der Waals surface area (Å²) < 4.78 is 5.67. The number of hydrogen-bond donors (Lipinski definition) is 0. The molecule has 1 aromatic rings. The second kappa shape index (κ2) is 3.09. The summed E-state index contributed by atoms with van der Waals surface area (Å²) in [4.78, 5) is 0. The lowest BCUT2D eigenvalue weighted by Crippen LogP contribution is -2.13. The van der Waals surface area contributed by atoms with E-state index in [1.165, 1.54) is 5.56 Å². The Bertz CT molecular complexity index is 341. The van der Waals surface area contributed by atoms with E-state index in [2.05, 4.69) is 19.2 Å². The molecule has 66 valence electrons. The molecule has 0 saturated heterocycles. The smallest absolute Gasteiger partial charge is 0.127 e. The van der Waals surface area contributed by atoms with E-state index in [0.29, 0.717) is 0 Å². The maximum absolute atomic E-state index is 5.67. The van der Waals surface area contributed by atoms with Crippen LogP contribution in [0.2, 0.25) is 0 Å². The number of ether oxygens (including phenoxy) is 1. The van der Waals surface area contributed by atoms with Crippen LogP contribution < -0.4 is 4.74 Å². The molecule has 1 heteroatoms. The van der Waals surface area contributed by atoms with Gasteiger partial charge in [0.25, 0.3) is 0 Å². The quantitative estimate of drug-likeness (QED) is 0.623. The highest BCUT2D eigenvalue weighted by atomic mass is 16.5. The molecule has 2 rings (SSSR count). The third kappa shape index (κ3) is 1.17. The van der Waals surface area contributed by atoms with Crippen LogP contribution in [0, 0.1) is 0 Å². The van der Waals surface area contributed by atoms with Crippen LogP contribution >= 0.6 is 0 Å². The minimum Gasteiger partial charge on any atom is -0.485 e. The van der Waals surface area contributed by atoms with Crippen molar-refractivity contribution in [2.75, 3.05) is 0 Å². The van der Waals surface area contributed by atoms with Gasteiger partial charge in [-0.15, -0.1) is 6.58 Å². The predicted molar refractivity (Wildman–Crippen MR) is 54.0 cm³/mol. The molecule has 0 radical (unpaired) electrons. The Hall–Kier alpha value is -1.50. The van der Waals surface area contributed by atoms with Crippen LogP contribution in [-0.4, -0.2) is 6.10 Å². The lowest BCUT2D eigenvalue weighted by molar-refractivity contribution is 0.271. The van der Waals surface area contributed by atoms with Gasteiger partial charge in [0.2, 0.25) is 0 Å². The summed E-state index contributed by atoms with van der Waals surface area (Å²) in [5.41, 5.74) is 1.21. The molecule has 0 saturated carbocycles. The normalized spacial score (nSPS) is 24.6. The first kappa shape index (κ1) is 8.11. The fourth-order valence-corrected chi connectivity index (χ4v) is 1.72. The molecule has 1 nitrogen and oxygen atoms in total. The summed E-state index contributed by atoms with van der Waals surface area (Å²) in [5, 5.41) is 0. The molecule has 0 amide bonds. The van der Waals surface area contributed by atoms with E-state index in [-0.39, 0.29) is 12.0 Å². The summed E-state index contributed by atoms with van der Waals surface area (Å²) in [5.74, 6) is 1.21. The highest BCUT2D eigenvalue weighted by Crippen LogP contribution is 2.38. The summed E-state index contributed by atoms with van der Waals surface area (Å²) >= 11 is 0. The summed E-state index contributed by atoms with van der Waals surface area (Å²) in [6, 6.07) is 8.05. The monoisotopic (exact) mass is 172 g/mol. The number of para-hydroxylation sites is 1. The molecule has 13 heavy (non-hydrogen) atoms. The number of hydrogen-bond acceptors (Lipinski definition) is 1. The third-order valence-corrected chi connectivity index (χ3v) is 2.38. The van der Waals surface area contributed by atoms with Gasteiger partial charge in [0.1, 0.15) is 11.9 Å². The zero-order valence-corrected chi connectivity index (χ0v) is 7.44. The number of benzene rings is 1. The van der Waals surface area contributed by atoms with Crippen molar-refractivity contribution in [3.05, 3.63) is 55.1 Å². The van der Waals surface area contributed by atoms with Gasteiger partial charge in [0.15, 0.2) is 0 Å². The number of rotatable bonds is 2. The van der Waals surface area contributed by atoms with Gasteiger partial charge < -0.3 is 4.74 Å². The van der Waals surface area contributed by atoms with Crippen molar-refractivity contribution in [2.24, 2.45) is 0 Å². The Morgan fingerprint density at radius 1 is 1.15 bits per heavy atom. The van der Waals surface area contributed by atoms with E-state index >= 15 is 0 Å². The third-order valence-electron chi connectivity index (χ3n) is 2.38. The van der Waals surface area contributed by atoms with E-state index in [4.69, 9.17) is 4.74 Å². The largest absolute Gasteiger partial charge is 0.485 e. The second-order valence-corrected chi connectivity index (χ2v) is 3.12. The van der Waals surface area contributed by atoms with Crippen molar-refractivity contribution in [2.45, 2.75) is 12.0 Å². The molecule has 0 fully saturated rings. The molecule has 1 aliphatic rings. The molecular weight excluding hydrogens is 160 g/mol. The van der Waals surface area contributed by atoms with Gasteiger partial charge in [-0.2, -0.15) is 0 Å². The van der Waals surface area contributed by atoms with Crippen LogP contribution in [0.25, 0.3) is 0 Å². The fraction of sp³-hybridized carbons (Fsp3) is 0.167. The number of fused-ring (bicyclic) bond motifs is 1. The second-order valence-electron chi connectivity index (χ2n) is 3.12. The van der Waals surface area contributed by atoms with Gasteiger partial charge in [-0.05, 0) is 6.07 Å². The van der Waals surface area contributed by atoms with E-state index in [1.807, 2.05) is 30.4 Å². The molecule has 1 heterocycles. The predicted octanol–water partition coefficient (Wildman–Crippen LogP) is 2.90. The molecule has 2 atom stereocenters. The summed E-state index contributed by atoms with van der Waals surface area (Å²) in [6.45, 7) is 7.56. The first-order chi connectivity index (χ1) is 6.36. The summed E-state index contributed by atoms with van der Waals surface area (Å²) in [7, 11) is 0. The van der Waals surface area contributed by atoms with E-state index in [1.54, 1.807) is 0 Å². The van der Waals surface area contributed by atoms with Crippen LogP contribution in [0.15, 0.2) is 49.6 Å². The van der Waals surface area contributed by atoms with Crippen molar-refractivity contribution >= 4 is 0 Å². The van der Waals surface area contributed by atoms with Crippen molar-refractivity contribution < 1.29 is 4.74 Å². The van der Waals surface area contributed by atoms with Gasteiger partial charge in [-0.25, -0.2) is 0 Å². The van der Waals surface area contributed by atoms with Gasteiger partial charge in [0.05, 0.1) is 0 Å². The van der Waals surface area contributed by atoms with E-state index in [9.17, 15) is 0 Å². The van der Waals surface area contributed by atoms with E-state index in [0.717, 1.165) is 5.75 Å². The first-order valence-corrected chi connectivity index (χ1v) is 4.37. The van der Waals surface area contributed by atoms with Crippen LogP contribution in [-0.2, 0) is 0 Å². The minimum absolute atomic E-state index is 0.0508. The van der Waals surface area contributed by atoms with Crippen LogP contribution in [0.4, 0.5) is 0 Å².